The molecule has 0 aliphatic carbocycles. The average molecular weight is 326 g/mol. The van der Waals surface area contributed by atoms with Gasteiger partial charge in [0.15, 0.2) is 0 Å². The smallest absolute Gasteiger partial charge is 0.232 e. The van der Waals surface area contributed by atoms with E-state index >= 15 is 0 Å². The Hall–Kier alpha value is -2.96. The number of anilines is 2. The number of nitrogens with zero attached hydrogens (tertiary/aromatic N) is 3. The van der Waals surface area contributed by atoms with Gasteiger partial charge in [-0.25, -0.2) is 9.97 Å². The first-order valence-electron chi connectivity index (χ1n) is 7.61. The van der Waals surface area contributed by atoms with Crippen molar-refractivity contribution >= 4 is 23.5 Å². The summed E-state index contributed by atoms with van der Waals surface area (Å²) in [5, 5.41) is 2.65. The summed E-state index contributed by atoms with van der Waals surface area (Å²) in [6.07, 6.45) is 3.24. The molecule has 0 spiro atoms. The van der Waals surface area contributed by atoms with E-state index in [1.165, 1.54) is 0 Å². The Morgan fingerprint density at radius 1 is 1.33 bits per heavy atom. The number of aromatic nitrogens is 2. The van der Waals surface area contributed by atoms with Crippen molar-refractivity contribution in [2.45, 2.75) is 13.3 Å². The number of carbonyl (C=O) groups excluding carboxylic acids is 2. The highest BCUT2D eigenvalue weighted by Gasteiger charge is 2.36. The van der Waals surface area contributed by atoms with Crippen LogP contribution in [-0.4, -0.2) is 35.4 Å². The van der Waals surface area contributed by atoms with E-state index in [1.54, 1.807) is 30.5 Å². The minimum Gasteiger partial charge on any atom is -0.495 e. The second kappa shape index (κ2) is 6.66. The molecule has 3 rings (SSSR count). The number of methoxy groups -OCH3 is 1. The van der Waals surface area contributed by atoms with Crippen LogP contribution in [0.3, 0.4) is 0 Å². The number of aryl methyl sites for hydroxylation is 1. The Morgan fingerprint density at radius 2 is 2.08 bits per heavy atom. The predicted molar refractivity (Wildman–Crippen MR) is 88.9 cm³/mol. The van der Waals surface area contributed by atoms with Crippen LogP contribution in [0.25, 0.3) is 0 Å². The van der Waals surface area contributed by atoms with Crippen LogP contribution in [0.1, 0.15) is 12.0 Å². The van der Waals surface area contributed by atoms with Crippen LogP contribution in [0.15, 0.2) is 36.7 Å². The summed E-state index contributed by atoms with van der Waals surface area (Å²) in [6, 6.07) is 7.29. The maximum atomic E-state index is 12.4. The van der Waals surface area contributed by atoms with E-state index in [1.807, 2.05) is 25.1 Å². The van der Waals surface area contributed by atoms with Crippen molar-refractivity contribution in [3.05, 3.63) is 42.2 Å². The zero-order chi connectivity index (χ0) is 17.1. The third kappa shape index (κ3) is 3.19. The number of ether oxygens (including phenoxy) is 1. The zero-order valence-electron chi connectivity index (χ0n) is 13.5. The number of benzene rings is 1. The van der Waals surface area contributed by atoms with Crippen LogP contribution in [0, 0.1) is 12.8 Å². The summed E-state index contributed by atoms with van der Waals surface area (Å²) >= 11 is 0. The maximum Gasteiger partial charge on any atom is 0.232 e. The molecule has 1 saturated heterocycles. The van der Waals surface area contributed by atoms with Crippen LogP contribution in [0.4, 0.5) is 11.6 Å². The van der Waals surface area contributed by atoms with Gasteiger partial charge in [-0.15, -0.1) is 0 Å². The molecule has 1 atom stereocenters. The van der Waals surface area contributed by atoms with Gasteiger partial charge in [-0.3, -0.25) is 14.9 Å². The van der Waals surface area contributed by atoms with E-state index in [-0.39, 0.29) is 24.2 Å². The van der Waals surface area contributed by atoms with E-state index in [2.05, 4.69) is 15.3 Å². The molecule has 0 bridgehead atoms. The third-order valence-electron chi connectivity index (χ3n) is 3.92. The first-order chi connectivity index (χ1) is 11.6. The normalized spacial score (nSPS) is 17.0. The second-order valence-corrected chi connectivity index (χ2v) is 5.64. The van der Waals surface area contributed by atoms with Crippen LogP contribution >= 0.6 is 0 Å². The van der Waals surface area contributed by atoms with E-state index in [0.29, 0.717) is 18.0 Å². The Labute approximate surface area is 139 Å². The highest BCUT2D eigenvalue weighted by Crippen LogP contribution is 2.34. The molecule has 1 aromatic carbocycles. The molecule has 2 aromatic rings. The molecule has 1 aromatic heterocycles. The highest BCUT2D eigenvalue weighted by molar-refractivity contribution is 6.03. The molecule has 1 aliphatic rings. The molecule has 1 N–H and O–H groups in total. The van der Waals surface area contributed by atoms with Gasteiger partial charge in [-0.1, -0.05) is 6.07 Å². The van der Waals surface area contributed by atoms with Crippen molar-refractivity contribution in [2.24, 2.45) is 5.92 Å². The molecular formula is C17H18N4O3. The molecule has 24 heavy (non-hydrogen) atoms. The fraction of sp³-hybridized carbons (Fsp3) is 0.294. The summed E-state index contributed by atoms with van der Waals surface area (Å²) in [6.45, 7) is 2.25. The van der Waals surface area contributed by atoms with Gasteiger partial charge >= 0.3 is 0 Å². The van der Waals surface area contributed by atoms with Gasteiger partial charge in [-0.2, -0.15) is 0 Å². The monoisotopic (exact) mass is 326 g/mol. The predicted octanol–water partition coefficient (Wildman–Crippen LogP) is 1.79. The van der Waals surface area contributed by atoms with Crippen LogP contribution in [0.2, 0.25) is 0 Å². The fourth-order valence-corrected chi connectivity index (χ4v) is 2.70. The summed E-state index contributed by atoms with van der Waals surface area (Å²) in [7, 11) is 1.56. The lowest BCUT2D eigenvalue weighted by Gasteiger charge is -2.20. The molecule has 0 saturated carbocycles. The first kappa shape index (κ1) is 15.9. The van der Waals surface area contributed by atoms with Crippen molar-refractivity contribution in [3.63, 3.8) is 0 Å². The number of hydrogen-bond acceptors (Lipinski definition) is 5. The molecular weight excluding hydrogens is 308 g/mol. The lowest BCUT2D eigenvalue weighted by Crippen LogP contribution is -2.28. The van der Waals surface area contributed by atoms with Gasteiger partial charge in [0, 0.05) is 25.4 Å². The Kier molecular flexibility index (Phi) is 4.41. The highest BCUT2D eigenvalue weighted by atomic mass is 16.5. The Bertz CT molecular complexity index is 764. The second-order valence-electron chi connectivity index (χ2n) is 5.64. The Balaban J connectivity index is 1.76. The zero-order valence-corrected chi connectivity index (χ0v) is 13.5. The molecule has 1 unspecified atom stereocenters. The topological polar surface area (TPSA) is 84.4 Å². The SMILES string of the molecule is COc1ccc(C)cc1N1CC(C(=O)Nc2ncccn2)CC1=O. The van der Waals surface area contributed by atoms with Gasteiger partial charge in [0.25, 0.3) is 0 Å². The van der Waals surface area contributed by atoms with Gasteiger partial charge in [0.2, 0.25) is 17.8 Å². The van der Waals surface area contributed by atoms with E-state index in [4.69, 9.17) is 4.74 Å². The minimum absolute atomic E-state index is 0.104. The summed E-state index contributed by atoms with van der Waals surface area (Å²) < 4.78 is 5.34. The average Bonchev–Trinajstić information content (AvgIpc) is 2.97. The molecule has 7 nitrogen and oxygen atoms in total. The van der Waals surface area contributed by atoms with E-state index in [9.17, 15) is 9.59 Å². The van der Waals surface area contributed by atoms with Crippen molar-refractivity contribution < 1.29 is 14.3 Å². The summed E-state index contributed by atoms with van der Waals surface area (Å²) in [4.78, 5) is 34.3. The van der Waals surface area contributed by atoms with Gasteiger partial charge in [0.1, 0.15) is 5.75 Å². The van der Waals surface area contributed by atoms with Crippen molar-refractivity contribution in [1.82, 2.24) is 9.97 Å². The van der Waals surface area contributed by atoms with E-state index in [0.717, 1.165) is 5.56 Å². The molecule has 2 heterocycles. The number of amides is 2. The van der Waals surface area contributed by atoms with Gasteiger partial charge in [0.05, 0.1) is 18.7 Å². The molecule has 1 aliphatic heterocycles. The third-order valence-corrected chi connectivity index (χ3v) is 3.92. The number of nitrogens with one attached hydrogen (secondary N) is 1. The van der Waals surface area contributed by atoms with Gasteiger partial charge in [-0.05, 0) is 30.7 Å². The maximum absolute atomic E-state index is 12.4. The number of carbonyl (C=O) groups is 2. The molecule has 0 radical (unpaired) electrons. The standard InChI is InChI=1S/C17H18N4O3/c1-11-4-5-14(24-2)13(8-11)21-10-12(9-15(21)22)16(23)20-17-18-6-3-7-19-17/h3-8,12H,9-10H2,1-2H3,(H,18,19,20,23). The van der Waals surface area contributed by atoms with Crippen LogP contribution < -0.4 is 15.0 Å². The van der Waals surface area contributed by atoms with Crippen LogP contribution in [-0.2, 0) is 9.59 Å². The molecule has 124 valence electrons. The molecule has 1 fully saturated rings. The van der Waals surface area contributed by atoms with Gasteiger partial charge < -0.3 is 9.64 Å². The summed E-state index contributed by atoms with van der Waals surface area (Å²) in [5.74, 6) is 0.0335. The minimum atomic E-state index is -0.452. The number of rotatable bonds is 4. The van der Waals surface area contributed by atoms with E-state index < -0.39 is 5.92 Å². The van der Waals surface area contributed by atoms with Crippen molar-refractivity contribution in [1.29, 1.82) is 0 Å². The Morgan fingerprint density at radius 3 is 2.79 bits per heavy atom. The summed E-state index contributed by atoms with van der Waals surface area (Å²) in [5.41, 5.74) is 1.71. The largest absolute Gasteiger partial charge is 0.495 e. The van der Waals surface area contributed by atoms with Crippen molar-refractivity contribution in [2.75, 3.05) is 23.9 Å². The van der Waals surface area contributed by atoms with Crippen molar-refractivity contribution in [3.8, 4) is 5.75 Å². The first-order valence-corrected chi connectivity index (χ1v) is 7.61. The lowest BCUT2D eigenvalue weighted by molar-refractivity contribution is -0.122. The van der Waals surface area contributed by atoms with Crippen LogP contribution in [0.5, 0.6) is 5.75 Å². The number of hydrogen-bond donors (Lipinski definition) is 1. The quantitative estimate of drug-likeness (QED) is 0.926. The molecule has 7 heteroatoms. The fourth-order valence-electron chi connectivity index (χ4n) is 2.70. The lowest BCUT2D eigenvalue weighted by atomic mass is 10.1. The molecule has 2 amide bonds.